The first kappa shape index (κ1) is 17.7. The van der Waals surface area contributed by atoms with Gasteiger partial charge in [0.2, 0.25) is 0 Å². The van der Waals surface area contributed by atoms with Gasteiger partial charge in [-0.1, -0.05) is 6.07 Å². The van der Waals surface area contributed by atoms with E-state index in [-0.39, 0.29) is 5.69 Å². The third-order valence-electron chi connectivity index (χ3n) is 4.57. The second kappa shape index (κ2) is 7.91. The SMILES string of the molecule is O=[N+]([O-])c1ccc(-c2ccc(/C=N\N3CCN(c4ccccn4)CC3)o2)cc1. The number of hydrogen-bond acceptors (Lipinski definition) is 7. The van der Waals surface area contributed by atoms with E-state index in [9.17, 15) is 10.1 Å². The number of nitrogens with zero attached hydrogens (tertiary/aromatic N) is 5. The summed E-state index contributed by atoms with van der Waals surface area (Å²) in [5.41, 5.74) is 0.844. The van der Waals surface area contributed by atoms with Gasteiger partial charge >= 0.3 is 0 Å². The van der Waals surface area contributed by atoms with Crippen molar-refractivity contribution in [2.75, 3.05) is 31.1 Å². The number of nitro groups is 1. The molecule has 0 bridgehead atoms. The molecule has 0 spiro atoms. The Hall–Kier alpha value is -3.68. The predicted octanol–water partition coefficient (Wildman–Crippen LogP) is 3.41. The van der Waals surface area contributed by atoms with E-state index in [4.69, 9.17) is 4.42 Å². The molecule has 0 radical (unpaired) electrons. The van der Waals surface area contributed by atoms with Crippen LogP contribution in [0.2, 0.25) is 0 Å². The Balaban J connectivity index is 1.35. The van der Waals surface area contributed by atoms with Gasteiger partial charge < -0.3 is 9.32 Å². The number of anilines is 1. The van der Waals surface area contributed by atoms with E-state index in [0.717, 1.165) is 37.6 Å². The molecule has 0 N–H and O–H groups in total. The molecule has 3 aromatic rings. The van der Waals surface area contributed by atoms with Gasteiger partial charge in [0.1, 0.15) is 17.3 Å². The molecule has 28 heavy (non-hydrogen) atoms. The number of nitro benzene ring substituents is 1. The van der Waals surface area contributed by atoms with Gasteiger partial charge in [0.15, 0.2) is 0 Å². The maximum atomic E-state index is 10.7. The van der Waals surface area contributed by atoms with Crippen molar-refractivity contribution in [3.63, 3.8) is 0 Å². The van der Waals surface area contributed by atoms with Gasteiger partial charge in [0.25, 0.3) is 5.69 Å². The van der Waals surface area contributed by atoms with Gasteiger partial charge in [-0.25, -0.2) is 4.98 Å². The van der Waals surface area contributed by atoms with Gasteiger partial charge in [-0.3, -0.25) is 15.1 Å². The molecule has 4 rings (SSSR count). The third-order valence-corrected chi connectivity index (χ3v) is 4.57. The van der Waals surface area contributed by atoms with Crippen LogP contribution >= 0.6 is 0 Å². The molecule has 8 nitrogen and oxygen atoms in total. The number of hydrogen-bond donors (Lipinski definition) is 0. The predicted molar refractivity (Wildman–Crippen MR) is 106 cm³/mol. The molecular weight excluding hydrogens is 358 g/mol. The van der Waals surface area contributed by atoms with Crippen LogP contribution < -0.4 is 4.90 Å². The van der Waals surface area contributed by atoms with Crippen molar-refractivity contribution in [3.8, 4) is 11.3 Å². The van der Waals surface area contributed by atoms with Crippen LogP contribution in [0.1, 0.15) is 5.76 Å². The van der Waals surface area contributed by atoms with Crippen molar-refractivity contribution < 1.29 is 9.34 Å². The van der Waals surface area contributed by atoms with E-state index in [0.29, 0.717) is 11.5 Å². The van der Waals surface area contributed by atoms with E-state index >= 15 is 0 Å². The summed E-state index contributed by atoms with van der Waals surface area (Å²) < 4.78 is 5.79. The molecule has 1 fully saturated rings. The minimum absolute atomic E-state index is 0.0573. The zero-order chi connectivity index (χ0) is 19.3. The van der Waals surface area contributed by atoms with E-state index in [1.807, 2.05) is 35.3 Å². The van der Waals surface area contributed by atoms with E-state index < -0.39 is 4.92 Å². The number of benzene rings is 1. The normalized spacial score (nSPS) is 14.6. The fourth-order valence-electron chi connectivity index (χ4n) is 3.04. The third kappa shape index (κ3) is 4.01. The lowest BCUT2D eigenvalue weighted by Crippen LogP contribution is -2.44. The summed E-state index contributed by atoms with van der Waals surface area (Å²) in [6.07, 6.45) is 3.50. The maximum Gasteiger partial charge on any atom is 0.269 e. The number of rotatable bonds is 5. The van der Waals surface area contributed by atoms with E-state index in [1.165, 1.54) is 12.1 Å². The highest BCUT2D eigenvalue weighted by atomic mass is 16.6. The number of piperazine rings is 1. The molecule has 8 heteroatoms. The van der Waals surface area contributed by atoms with Crippen molar-refractivity contribution >= 4 is 17.7 Å². The van der Waals surface area contributed by atoms with Crippen molar-refractivity contribution in [1.82, 2.24) is 9.99 Å². The number of pyridine rings is 1. The molecule has 0 saturated carbocycles. The molecule has 0 amide bonds. The van der Waals surface area contributed by atoms with Gasteiger partial charge in [0, 0.05) is 37.0 Å². The van der Waals surface area contributed by atoms with Gasteiger partial charge in [-0.15, -0.1) is 0 Å². The Bertz CT molecular complexity index is 961. The molecule has 1 aliphatic heterocycles. The summed E-state index contributed by atoms with van der Waals surface area (Å²) in [5.74, 6) is 2.28. The van der Waals surface area contributed by atoms with Crippen LogP contribution in [0, 0.1) is 10.1 Å². The first-order valence-corrected chi connectivity index (χ1v) is 8.98. The van der Waals surface area contributed by atoms with Gasteiger partial charge in [0.05, 0.1) is 24.2 Å². The Morgan fingerprint density at radius 2 is 1.82 bits per heavy atom. The quantitative estimate of drug-likeness (QED) is 0.385. The van der Waals surface area contributed by atoms with E-state index in [2.05, 4.69) is 15.0 Å². The number of non-ortho nitro benzene ring substituents is 1. The zero-order valence-corrected chi connectivity index (χ0v) is 15.1. The highest BCUT2D eigenvalue weighted by molar-refractivity contribution is 5.77. The zero-order valence-electron chi connectivity index (χ0n) is 15.1. The number of hydrazone groups is 1. The molecule has 0 aliphatic carbocycles. The minimum Gasteiger partial charge on any atom is -0.455 e. The summed E-state index contributed by atoms with van der Waals surface area (Å²) in [7, 11) is 0. The Kier molecular flexibility index (Phi) is 5.01. The molecule has 1 saturated heterocycles. The molecule has 2 aromatic heterocycles. The standard InChI is InChI=1S/C20H19N5O3/c26-25(27)17-6-4-16(5-7-17)19-9-8-18(28-19)15-22-24-13-11-23(12-14-24)20-3-1-2-10-21-20/h1-10,15H,11-14H2/b22-15-. The Labute approximate surface area is 161 Å². The minimum atomic E-state index is -0.419. The molecule has 142 valence electrons. The molecule has 3 heterocycles. The average Bonchev–Trinajstić information content (AvgIpc) is 3.22. The first-order valence-electron chi connectivity index (χ1n) is 8.98. The Morgan fingerprint density at radius 1 is 1.04 bits per heavy atom. The van der Waals surface area contributed by atoms with Crippen LogP contribution in [0.15, 0.2) is 70.3 Å². The number of furan rings is 1. The van der Waals surface area contributed by atoms with Crippen LogP contribution in [0.3, 0.4) is 0 Å². The Morgan fingerprint density at radius 3 is 2.50 bits per heavy atom. The van der Waals surface area contributed by atoms with Crippen molar-refractivity contribution in [2.24, 2.45) is 5.10 Å². The molecule has 1 aromatic carbocycles. The molecule has 0 atom stereocenters. The summed E-state index contributed by atoms with van der Waals surface area (Å²) in [4.78, 5) is 16.9. The second-order valence-electron chi connectivity index (χ2n) is 6.38. The van der Waals surface area contributed by atoms with Crippen molar-refractivity contribution in [2.45, 2.75) is 0 Å². The number of aromatic nitrogens is 1. The monoisotopic (exact) mass is 377 g/mol. The fourth-order valence-corrected chi connectivity index (χ4v) is 3.04. The van der Waals surface area contributed by atoms with Crippen LogP contribution in [-0.4, -0.2) is 47.3 Å². The molecule has 0 unspecified atom stereocenters. The summed E-state index contributed by atoms with van der Waals surface area (Å²) >= 11 is 0. The summed E-state index contributed by atoms with van der Waals surface area (Å²) in [6.45, 7) is 3.34. The van der Waals surface area contributed by atoms with E-state index in [1.54, 1.807) is 24.5 Å². The van der Waals surface area contributed by atoms with Crippen molar-refractivity contribution in [3.05, 3.63) is 76.7 Å². The molecule has 1 aliphatic rings. The molecular formula is C20H19N5O3. The average molecular weight is 377 g/mol. The second-order valence-corrected chi connectivity index (χ2v) is 6.38. The van der Waals surface area contributed by atoms with Gasteiger partial charge in [-0.2, -0.15) is 5.10 Å². The van der Waals surface area contributed by atoms with Crippen molar-refractivity contribution in [1.29, 1.82) is 0 Å². The van der Waals surface area contributed by atoms with Crippen LogP contribution in [0.4, 0.5) is 11.5 Å². The fraction of sp³-hybridized carbons (Fsp3) is 0.200. The summed E-state index contributed by atoms with van der Waals surface area (Å²) in [6, 6.07) is 15.9. The topological polar surface area (TPSA) is 88.0 Å². The van der Waals surface area contributed by atoms with Gasteiger partial charge in [-0.05, 0) is 36.4 Å². The highest BCUT2D eigenvalue weighted by Crippen LogP contribution is 2.24. The smallest absolute Gasteiger partial charge is 0.269 e. The maximum absolute atomic E-state index is 10.7. The highest BCUT2D eigenvalue weighted by Gasteiger charge is 2.16. The van der Waals surface area contributed by atoms with Crippen LogP contribution in [0.5, 0.6) is 0 Å². The first-order chi connectivity index (χ1) is 13.7. The van der Waals surface area contributed by atoms with Crippen LogP contribution in [0.25, 0.3) is 11.3 Å². The summed E-state index contributed by atoms with van der Waals surface area (Å²) in [5, 5.41) is 17.3. The lowest BCUT2D eigenvalue weighted by molar-refractivity contribution is -0.384. The largest absolute Gasteiger partial charge is 0.455 e. The lowest BCUT2D eigenvalue weighted by Gasteiger charge is -2.33. The lowest BCUT2D eigenvalue weighted by atomic mass is 10.1. The van der Waals surface area contributed by atoms with Crippen LogP contribution in [-0.2, 0) is 0 Å².